The maximum absolute atomic E-state index is 4.62. The number of benzene rings is 3. The van der Waals surface area contributed by atoms with Gasteiger partial charge in [0.15, 0.2) is 11.0 Å². The summed E-state index contributed by atoms with van der Waals surface area (Å²) in [6.45, 7) is 0. The summed E-state index contributed by atoms with van der Waals surface area (Å²) in [7, 11) is 0. The first-order valence-electron chi connectivity index (χ1n) is 9.99. The van der Waals surface area contributed by atoms with E-state index in [1.54, 1.807) is 11.8 Å². The van der Waals surface area contributed by atoms with Crippen LogP contribution in [0, 0.1) is 0 Å². The summed E-state index contributed by atoms with van der Waals surface area (Å²) in [5.41, 5.74) is 3.61. The summed E-state index contributed by atoms with van der Waals surface area (Å²) in [6, 6.07) is 24.0. The largest absolute Gasteiger partial charge is 0.360 e. The van der Waals surface area contributed by atoms with Crippen molar-refractivity contribution in [2.75, 3.05) is 0 Å². The summed E-state index contributed by atoms with van der Waals surface area (Å²) >= 11 is 1.79. The monoisotopic (exact) mass is 396 g/mol. The minimum atomic E-state index is 0.517. The van der Waals surface area contributed by atoms with E-state index in [0.717, 1.165) is 27.8 Å². The Labute approximate surface area is 173 Å². The van der Waals surface area contributed by atoms with E-state index in [2.05, 4.69) is 92.7 Å². The Morgan fingerprint density at radius 3 is 2.59 bits per heavy atom. The van der Waals surface area contributed by atoms with Crippen molar-refractivity contribution >= 4 is 33.4 Å². The average Bonchev–Trinajstić information content (AvgIpc) is 3.38. The minimum Gasteiger partial charge on any atom is -0.360 e. The lowest BCUT2D eigenvalue weighted by molar-refractivity contribution is 0.669. The predicted octanol–water partition coefficient (Wildman–Crippen LogP) is 6.21. The molecule has 2 aromatic heterocycles. The van der Waals surface area contributed by atoms with E-state index < -0.39 is 0 Å². The molecule has 0 radical (unpaired) electrons. The molecule has 2 heterocycles. The van der Waals surface area contributed by atoms with Crippen LogP contribution in [-0.2, 0) is 5.75 Å². The van der Waals surface area contributed by atoms with Crippen LogP contribution in [0.2, 0.25) is 0 Å². The number of hydrogen-bond acceptors (Lipinski definition) is 3. The van der Waals surface area contributed by atoms with Gasteiger partial charge in [0, 0.05) is 34.5 Å². The fourth-order valence-corrected chi connectivity index (χ4v) is 5.05. The summed E-state index contributed by atoms with van der Waals surface area (Å²) in [4.78, 5) is 3.37. The standard InChI is InChI=1S/C24H20N4S/c1-2-9-19-16(6-1)7-5-8-17(19)15-29-24-27-26-23(28(24)18-12-13-18)21-14-25-22-11-4-3-10-20(21)22/h1-11,14,18,25H,12-13,15H2. The van der Waals surface area contributed by atoms with Gasteiger partial charge < -0.3 is 4.98 Å². The number of fused-ring (bicyclic) bond motifs is 2. The molecule has 0 saturated heterocycles. The van der Waals surface area contributed by atoms with Crippen molar-refractivity contribution in [2.24, 2.45) is 0 Å². The van der Waals surface area contributed by atoms with E-state index in [9.17, 15) is 0 Å². The molecule has 4 nitrogen and oxygen atoms in total. The molecular formula is C24H20N4S. The Hall–Kier alpha value is -3.05. The second-order valence-electron chi connectivity index (χ2n) is 7.58. The van der Waals surface area contributed by atoms with E-state index >= 15 is 0 Å². The highest BCUT2D eigenvalue weighted by Gasteiger charge is 2.30. The van der Waals surface area contributed by atoms with Crippen LogP contribution in [0.15, 0.2) is 78.1 Å². The fourth-order valence-electron chi connectivity index (χ4n) is 4.04. The Balaban J connectivity index is 1.37. The molecule has 1 fully saturated rings. The topological polar surface area (TPSA) is 46.5 Å². The molecule has 0 aliphatic heterocycles. The summed E-state index contributed by atoms with van der Waals surface area (Å²) in [5.74, 6) is 1.87. The molecule has 0 unspecified atom stereocenters. The lowest BCUT2D eigenvalue weighted by Crippen LogP contribution is -1.99. The third-order valence-electron chi connectivity index (χ3n) is 5.64. The van der Waals surface area contributed by atoms with Crippen molar-refractivity contribution in [1.29, 1.82) is 0 Å². The van der Waals surface area contributed by atoms with Crippen molar-refractivity contribution in [1.82, 2.24) is 19.7 Å². The lowest BCUT2D eigenvalue weighted by atomic mass is 10.1. The molecule has 0 amide bonds. The first-order valence-corrected chi connectivity index (χ1v) is 11.0. The highest BCUT2D eigenvalue weighted by Crippen LogP contribution is 2.42. The van der Waals surface area contributed by atoms with Crippen molar-refractivity contribution in [3.8, 4) is 11.4 Å². The Bertz CT molecular complexity index is 1320. The van der Waals surface area contributed by atoms with Crippen molar-refractivity contribution in [2.45, 2.75) is 29.8 Å². The molecule has 1 N–H and O–H groups in total. The lowest BCUT2D eigenvalue weighted by Gasteiger charge is -2.09. The molecule has 0 spiro atoms. The van der Waals surface area contributed by atoms with Gasteiger partial charge in [-0.3, -0.25) is 4.57 Å². The number of nitrogens with zero attached hydrogens (tertiary/aromatic N) is 3. The van der Waals surface area contributed by atoms with Crippen LogP contribution >= 0.6 is 11.8 Å². The highest BCUT2D eigenvalue weighted by molar-refractivity contribution is 7.98. The van der Waals surface area contributed by atoms with E-state index in [1.165, 1.54) is 34.6 Å². The number of thioether (sulfide) groups is 1. The maximum Gasteiger partial charge on any atom is 0.192 e. The van der Waals surface area contributed by atoms with Crippen LogP contribution in [0.1, 0.15) is 24.4 Å². The quantitative estimate of drug-likeness (QED) is 0.359. The van der Waals surface area contributed by atoms with Gasteiger partial charge in [-0.2, -0.15) is 0 Å². The molecule has 1 aliphatic carbocycles. The molecule has 5 aromatic rings. The van der Waals surface area contributed by atoms with Crippen molar-refractivity contribution < 1.29 is 0 Å². The van der Waals surface area contributed by atoms with Crippen molar-refractivity contribution in [3.63, 3.8) is 0 Å². The zero-order valence-electron chi connectivity index (χ0n) is 15.9. The van der Waals surface area contributed by atoms with Crippen LogP contribution < -0.4 is 0 Å². The van der Waals surface area contributed by atoms with Crippen LogP contribution in [0.25, 0.3) is 33.1 Å². The molecule has 6 rings (SSSR count). The van der Waals surface area contributed by atoms with Crippen LogP contribution in [0.4, 0.5) is 0 Å². The van der Waals surface area contributed by atoms with Gasteiger partial charge in [0.2, 0.25) is 0 Å². The third kappa shape index (κ3) is 2.93. The third-order valence-corrected chi connectivity index (χ3v) is 6.64. The molecule has 1 saturated carbocycles. The summed E-state index contributed by atoms with van der Waals surface area (Å²) < 4.78 is 2.35. The van der Waals surface area contributed by atoms with E-state index in [-0.39, 0.29) is 0 Å². The SMILES string of the molecule is c1ccc2c(CSc3nnc(-c4c[nH]c5ccccc45)n3C3CC3)cccc2c1. The fraction of sp³-hybridized carbons (Fsp3) is 0.167. The minimum absolute atomic E-state index is 0.517. The Morgan fingerprint density at radius 1 is 0.897 bits per heavy atom. The molecule has 29 heavy (non-hydrogen) atoms. The number of aromatic nitrogens is 4. The smallest absolute Gasteiger partial charge is 0.192 e. The molecule has 5 heteroatoms. The first kappa shape index (κ1) is 16.9. The van der Waals surface area contributed by atoms with Gasteiger partial charge in [-0.25, -0.2) is 0 Å². The molecule has 3 aromatic carbocycles. The summed E-state index contributed by atoms with van der Waals surface area (Å²) in [6.07, 6.45) is 4.47. The maximum atomic E-state index is 4.62. The average molecular weight is 397 g/mol. The van der Waals surface area contributed by atoms with Gasteiger partial charge in [0.25, 0.3) is 0 Å². The van der Waals surface area contributed by atoms with Crippen LogP contribution in [0.3, 0.4) is 0 Å². The zero-order valence-corrected chi connectivity index (χ0v) is 16.7. The van der Waals surface area contributed by atoms with E-state index in [1.807, 2.05) is 0 Å². The van der Waals surface area contributed by atoms with Gasteiger partial charge in [0.05, 0.1) is 0 Å². The number of nitrogens with one attached hydrogen (secondary N) is 1. The highest BCUT2D eigenvalue weighted by atomic mass is 32.2. The molecule has 1 aliphatic rings. The van der Waals surface area contributed by atoms with E-state index in [0.29, 0.717) is 6.04 Å². The summed E-state index contributed by atoms with van der Waals surface area (Å²) in [5, 5.41) is 14.0. The van der Waals surface area contributed by atoms with Crippen molar-refractivity contribution in [3.05, 3.63) is 78.5 Å². The molecule has 0 bridgehead atoms. The predicted molar refractivity (Wildman–Crippen MR) is 119 cm³/mol. The second-order valence-corrected chi connectivity index (χ2v) is 8.52. The Morgan fingerprint density at radius 2 is 1.69 bits per heavy atom. The van der Waals surface area contributed by atoms with Crippen LogP contribution in [-0.4, -0.2) is 19.7 Å². The van der Waals surface area contributed by atoms with Gasteiger partial charge >= 0.3 is 0 Å². The van der Waals surface area contributed by atoms with Gasteiger partial charge in [-0.05, 0) is 35.2 Å². The normalized spacial score (nSPS) is 14.1. The first-order chi connectivity index (χ1) is 14.4. The molecule has 0 atom stereocenters. The number of aromatic amines is 1. The Kier molecular flexibility index (Phi) is 3.94. The molecular weight excluding hydrogens is 376 g/mol. The van der Waals surface area contributed by atoms with Gasteiger partial charge in [-0.1, -0.05) is 72.4 Å². The number of para-hydroxylation sites is 1. The van der Waals surface area contributed by atoms with Gasteiger partial charge in [0.1, 0.15) is 0 Å². The van der Waals surface area contributed by atoms with E-state index in [4.69, 9.17) is 0 Å². The second kappa shape index (κ2) is 6.78. The zero-order chi connectivity index (χ0) is 19.2. The number of hydrogen-bond donors (Lipinski definition) is 1. The number of H-pyrrole nitrogens is 1. The van der Waals surface area contributed by atoms with Crippen LogP contribution in [0.5, 0.6) is 0 Å². The molecule has 142 valence electrons. The van der Waals surface area contributed by atoms with Gasteiger partial charge in [-0.15, -0.1) is 10.2 Å². The number of rotatable bonds is 5.